The van der Waals surface area contributed by atoms with Crippen LogP contribution in [0.15, 0.2) is 60.8 Å². The molecule has 2 N–H and O–H groups in total. The van der Waals surface area contributed by atoms with E-state index in [0.29, 0.717) is 25.3 Å². The van der Waals surface area contributed by atoms with Crippen LogP contribution in [0.5, 0.6) is 0 Å². The Kier molecular flexibility index (Phi) is 6.70. The van der Waals surface area contributed by atoms with Crippen molar-refractivity contribution in [1.29, 1.82) is 0 Å². The summed E-state index contributed by atoms with van der Waals surface area (Å²) in [6, 6.07) is 17.2. The number of fused-ring (bicyclic) bond motifs is 1. The molecule has 144 valence electrons. The van der Waals surface area contributed by atoms with E-state index in [2.05, 4.69) is 21.7 Å². The van der Waals surface area contributed by atoms with Crippen molar-refractivity contribution in [2.45, 2.75) is 6.92 Å². The summed E-state index contributed by atoms with van der Waals surface area (Å²) in [5.74, 6) is -0.532. The van der Waals surface area contributed by atoms with Crippen LogP contribution >= 0.6 is 0 Å². The second-order valence-corrected chi connectivity index (χ2v) is 6.22. The van der Waals surface area contributed by atoms with Gasteiger partial charge in [0.25, 0.3) is 5.91 Å². The molecule has 3 aromatic rings. The number of hydrogen-bond acceptors (Lipinski definition) is 4. The molecule has 0 spiro atoms. The number of ether oxygens (including phenoxy) is 1. The molecule has 0 fully saturated rings. The Morgan fingerprint density at radius 2 is 1.79 bits per heavy atom. The number of para-hydroxylation sites is 1. The van der Waals surface area contributed by atoms with E-state index in [4.69, 9.17) is 4.74 Å². The molecular formula is C22H23N3O3. The van der Waals surface area contributed by atoms with Crippen LogP contribution in [0.2, 0.25) is 0 Å². The summed E-state index contributed by atoms with van der Waals surface area (Å²) in [7, 11) is 0. The fraction of sp³-hybridized carbons (Fsp3) is 0.227. The van der Waals surface area contributed by atoms with Gasteiger partial charge in [-0.05, 0) is 36.8 Å². The number of rotatable bonds is 8. The normalized spacial score (nSPS) is 10.6. The molecular weight excluding hydrogens is 354 g/mol. The third-order valence-electron chi connectivity index (χ3n) is 4.25. The molecule has 6 nitrogen and oxygen atoms in total. The number of hydrogen-bond donors (Lipinski definition) is 2. The van der Waals surface area contributed by atoms with Crippen LogP contribution in [0.25, 0.3) is 22.0 Å². The number of pyridine rings is 1. The highest BCUT2D eigenvalue weighted by atomic mass is 16.5. The van der Waals surface area contributed by atoms with Crippen molar-refractivity contribution in [2.75, 3.05) is 26.3 Å². The van der Waals surface area contributed by atoms with Crippen molar-refractivity contribution in [3.05, 3.63) is 66.4 Å². The Morgan fingerprint density at radius 1 is 1.00 bits per heavy atom. The molecule has 1 heterocycles. The van der Waals surface area contributed by atoms with Crippen molar-refractivity contribution in [1.82, 2.24) is 15.6 Å². The van der Waals surface area contributed by atoms with Gasteiger partial charge in [-0.15, -0.1) is 0 Å². The van der Waals surface area contributed by atoms with Crippen LogP contribution in [0, 0.1) is 0 Å². The second kappa shape index (κ2) is 9.62. The first-order valence-electron chi connectivity index (χ1n) is 9.25. The van der Waals surface area contributed by atoms with Crippen molar-refractivity contribution in [3.63, 3.8) is 0 Å². The molecule has 0 aliphatic carbocycles. The van der Waals surface area contributed by atoms with E-state index in [1.807, 2.05) is 49.5 Å². The Hall–Kier alpha value is -3.25. The lowest BCUT2D eigenvalue weighted by Gasteiger charge is -2.08. The summed E-state index contributed by atoms with van der Waals surface area (Å²) in [5.41, 5.74) is 3.41. The van der Waals surface area contributed by atoms with E-state index < -0.39 is 0 Å². The highest BCUT2D eigenvalue weighted by Crippen LogP contribution is 2.23. The van der Waals surface area contributed by atoms with Crippen LogP contribution in [-0.4, -0.2) is 43.1 Å². The average molecular weight is 377 g/mol. The van der Waals surface area contributed by atoms with Crippen molar-refractivity contribution >= 4 is 22.7 Å². The van der Waals surface area contributed by atoms with E-state index in [1.165, 1.54) is 0 Å². The molecule has 2 amide bonds. The van der Waals surface area contributed by atoms with Crippen LogP contribution in [0.4, 0.5) is 0 Å². The molecule has 6 heteroatoms. The minimum atomic E-state index is -0.289. The number of nitrogens with one attached hydrogen (secondary N) is 2. The summed E-state index contributed by atoms with van der Waals surface area (Å²) < 4.78 is 5.14. The maximum atomic E-state index is 12.2. The van der Waals surface area contributed by atoms with Gasteiger partial charge in [-0.1, -0.05) is 30.3 Å². The van der Waals surface area contributed by atoms with Gasteiger partial charge in [0.2, 0.25) is 5.91 Å². The summed E-state index contributed by atoms with van der Waals surface area (Å²) in [6.07, 6.45) is 1.82. The zero-order valence-corrected chi connectivity index (χ0v) is 15.8. The van der Waals surface area contributed by atoms with Gasteiger partial charge in [0, 0.05) is 35.9 Å². The van der Waals surface area contributed by atoms with Gasteiger partial charge in [0.15, 0.2) is 0 Å². The molecule has 0 saturated heterocycles. The summed E-state index contributed by atoms with van der Waals surface area (Å²) in [5, 5.41) is 6.37. The van der Waals surface area contributed by atoms with Crippen molar-refractivity contribution in [3.8, 4) is 11.1 Å². The maximum Gasteiger partial charge on any atom is 0.251 e. The maximum absolute atomic E-state index is 12.2. The lowest BCUT2D eigenvalue weighted by molar-refractivity contribution is -0.120. The lowest BCUT2D eigenvalue weighted by Crippen LogP contribution is -2.38. The van der Waals surface area contributed by atoms with E-state index in [-0.39, 0.29) is 18.4 Å². The first kappa shape index (κ1) is 19.5. The predicted octanol–water partition coefficient (Wildman–Crippen LogP) is 2.78. The van der Waals surface area contributed by atoms with Crippen molar-refractivity contribution in [2.24, 2.45) is 0 Å². The Balaban J connectivity index is 1.57. The first-order valence-corrected chi connectivity index (χ1v) is 9.25. The number of aromatic nitrogens is 1. The van der Waals surface area contributed by atoms with Gasteiger partial charge in [-0.3, -0.25) is 14.6 Å². The average Bonchev–Trinajstić information content (AvgIpc) is 2.75. The van der Waals surface area contributed by atoms with Crippen molar-refractivity contribution < 1.29 is 14.3 Å². The lowest BCUT2D eigenvalue weighted by atomic mass is 10.0. The van der Waals surface area contributed by atoms with Gasteiger partial charge >= 0.3 is 0 Å². The number of amides is 2. The Morgan fingerprint density at radius 3 is 2.57 bits per heavy atom. The SMILES string of the molecule is CCOCCNC(=O)CNC(=O)c1ccc(-c2cnc3ccccc3c2)cc1. The molecule has 0 unspecified atom stereocenters. The molecule has 0 saturated carbocycles. The van der Waals surface area contributed by atoms with Gasteiger partial charge in [-0.2, -0.15) is 0 Å². The van der Waals surface area contributed by atoms with E-state index in [1.54, 1.807) is 12.1 Å². The van der Waals surface area contributed by atoms with Gasteiger partial charge < -0.3 is 15.4 Å². The molecule has 2 aromatic carbocycles. The first-order chi connectivity index (χ1) is 13.7. The fourth-order valence-corrected chi connectivity index (χ4v) is 2.78. The third kappa shape index (κ3) is 5.14. The summed E-state index contributed by atoms with van der Waals surface area (Å²) in [6.45, 7) is 3.32. The molecule has 0 atom stereocenters. The monoisotopic (exact) mass is 377 g/mol. The number of nitrogens with zero attached hydrogens (tertiary/aromatic N) is 1. The van der Waals surface area contributed by atoms with Crippen LogP contribution in [-0.2, 0) is 9.53 Å². The molecule has 28 heavy (non-hydrogen) atoms. The molecule has 0 bridgehead atoms. The topological polar surface area (TPSA) is 80.3 Å². The van der Waals surface area contributed by atoms with Gasteiger partial charge in [0.05, 0.1) is 18.7 Å². The molecule has 1 aromatic heterocycles. The number of carbonyl (C=O) groups excluding carboxylic acids is 2. The number of carbonyl (C=O) groups is 2. The quantitative estimate of drug-likeness (QED) is 0.592. The van der Waals surface area contributed by atoms with Gasteiger partial charge in [0.1, 0.15) is 0 Å². The molecule has 0 radical (unpaired) electrons. The smallest absolute Gasteiger partial charge is 0.251 e. The van der Waals surface area contributed by atoms with Crippen LogP contribution in [0.3, 0.4) is 0 Å². The third-order valence-corrected chi connectivity index (χ3v) is 4.25. The minimum absolute atomic E-state index is 0.0682. The van der Waals surface area contributed by atoms with E-state index in [9.17, 15) is 9.59 Å². The minimum Gasteiger partial charge on any atom is -0.380 e. The fourth-order valence-electron chi connectivity index (χ4n) is 2.78. The van der Waals surface area contributed by atoms with E-state index >= 15 is 0 Å². The standard InChI is InChI=1S/C22H23N3O3/c1-2-28-12-11-23-21(26)15-25-22(27)17-9-7-16(8-10-17)19-13-18-5-3-4-6-20(18)24-14-19/h3-10,13-14H,2,11-12,15H2,1H3,(H,23,26)(H,25,27). The zero-order valence-electron chi connectivity index (χ0n) is 15.8. The largest absolute Gasteiger partial charge is 0.380 e. The van der Waals surface area contributed by atoms with Gasteiger partial charge in [-0.25, -0.2) is 0 Å². The van der Waals surface area contributed by atoms with Crippen LogP contribution in [0.1, 0.15) is 17.3 Å². The predicted molar refractivity (Wildman–Crippen MR) is 109 cm³/mol. The van der Waals surface area contributed by atoms with E-state index in [0.717, 1.165) is 22.0 Å². The molecule has 0 aliphatic heterocycles. The molecule has 0 aliphatic rings. The number of benzene rings is 2. The second-order valence-electron chi connectivity index (χ2n) is 6.22. The molecule has 3 rings (SSSR count). The highest BCUT2D eigenvalue weighted by molar-refractivity contribution is 5.97. The summed E-state index contributed by atoms with van der Waals surface area (Å²) >= 11 is 0. The van der Waals surface area contributed by atoms with Crippen LogP contribution < -0.4 is 10.6 Å². The Bertz CT molecular complexity index is 955. The summed E-state index contributed by atoms with van der Waals surface area (Å²) in [4.78, 5) is 28.4. The highest BCUT2D eigenvalue weighted by Gasteiger charge is 2.08. The Labute approximate surface area is 163 Å². The zero-order chi connectivity index (χ0) is 19.8.